The lowest BCUT2D eigenvalue weighted by Crippen LogP contribution is -2.42. The van der Waals surface area contributed by atoms with Crippen molar-refractivity contribution in [3.05, 3.63) is 56.6 Å². The Morgan fingerprint density at radius 3 is 2.41 bits per heavy atom. The standard InChI is InChI=1S/C19H18BrCl2N3O2/c20-13-4-5-17(23-11-13)24-19(27)12-6-8-25(9-7-12)18(26)10-14-15(21)2-1-3-16(14)22/h1-5,11-12H,6-10H2,(H,23,24,27). The maximum atomic E-state index is 12.6. The van der Waals surface area contributed by atoms with Gasteiger partial charge in [0.2, 0.25) is 11.8 Å². The third-order valence-electron chi connectivity index (χ3n) is 4.59. The molecule has 1 aromatic heterocycles. The van der Waals surface area contributed by atoms with Crippen LogP contribution in [0.25, 0.3) is 0 Å². The van der Waals surface area contributed by atoms with Crippen molar-refractivity contribution >= 4 is 56.8 Å². The number of amides is 2. The number of hydrogen-bond donors (Lipinski definition) is 1. The molecule has 3 rings (SSSR count). The molecule has 0 saturated carbocycles. The molecule has 1 N–H and O–H groups in total. The van der Waals surface area contributed by atoms with Crippen molar-refractivity contribution < 1.29 is 9.59 Å². The highest BCUT2D eigenvalue weighted by Gasteiger charge is 2.28. The number of hydrogen-bond acceptors (Lipinski definition) is 3. The maximum absolute atomic E-state index is 12.6. The number of pyridine rings is 1. The number of nitrogens with one attached hydrogen (secondary N) is 1. The molecule has 2 amide bonds. The second-order valence-electron chi connectivity index (χ2n) is 6.38. The highest BCUT2D eigenvalue weighted by molar-refractivity contribution is 9.10. The van der Waals surface area contributed by atoms with Gasteiger partial charge in [-0.05, 0) is 58.6 Å². The molecule has 1 saturated heterocycles. The predicted octanol–water partition coefficient (Wildman–Crippen LogP) is 4.57. The van der Waals surface area contributed by atoms with Crippen molar-refractivity contribution in [3.63, 3.8) is 0 Å². The Labute approximate surface area is 176 Å². The number of aromatic nitrogens is 1. The fourth-order valence-electron chi connectivity index (χ4n) is 3.03. The minimum atomic E-state index is -0.136. The van der Waals surface area contributed by atoms with Gasteiger partial charge in [0.1, 0.15) is 5.82 Å². The second kappa shape index (κ2) is 9.04. The van der Waals surface area contributed by atoms with Gasteiger partial charge in [-0.3, -0.25) is 9.59 Å². The summed E-state index contributed by atoms with van der Waals surface area (Å²) in [6.45, 7) is 1.07. The van der Waals surface area contributed by atoms with Crippen LogP contribution in [-0.4, -0.2) is 34.8 Å². The van der Waals surface area contributed by atoms with Crippen LogP contribution in [0.5, 0.6) is 0 Å². The zero-order valence-corrected chi connectivity index (χ0v) is 17.5. The minimum absolute atomic E-state index is 0.0292. The van der Waals surface area contributed by atoms with Crippen LogP contribution in [-0.2, 0) is 16.0 Å². The number of halogens is 3. The van der Waals surface area contributed by atoms with Gasteiger partial charge in [0.05, 0.1) is 6.42 Å². The summed E-state index contributed by atoms with van der Waals surface area (Å²) < 4.78 is 0.853. The molecule has 2 heterocycles. The van der Waals surface area contributed by atoms with Gasteiger partial charge in [-0.1, -0.05) is 29.3 Å². The number of benzene rings is 1. The van der Waals surface area contributed by atoms with Gasteiger partial charge in [0.15, 0.2) is 0 Å². The number of likely N-dealkylation sites (tertiary alicyclic amines) is 1. The molecule has 5 nitrogen and oxygen atoms in total. The number of carbonyl (C=O) groups is 2. The first-order valence-corrected chi connectivity index (χ1v) is 10.1. The van der Waals surface area contributed by atoms with Crippen molar-refractivity contribution in [2.75, 3.05) is 18.4 Å². The van der Waals surface area contributed by atoms with Crippen LogP contribution in [0.4, 0.5) is 5.82 Å². The Morgan fingerprint density at radius 2 is 1.81 bits per heavy atom. The largest absolute Gasteiger partial charge is 0.342 e. The van der Waals surface area contributed by atoms with E-state index in [-0.39, 0.29) is 24.2 Å². The molecule has 1 fully saturated rings. The second-order valence-corrected chi connectivity index (χ2v) is 8.11. The van der Waals surface area contributed by atoms with Crippen molar-refractivity contribution in [1.82, 2.24) is 9.88 Å². The van der Waals surface area contributed by atoms with E-state index < -0.39 is 0 Å². The number of anilines is 1. The van der Waals surface area contributed by atoms with Crippen molar-refractivity contribution in [2.24, 2.45) is 5.92 Å². The van der Waals surface area contributed by atoms with Crippen LogP contribution in [0.1, 0.15) is 18.4 Å². The van der Waals surface area contributed by atoms with Crippen molar-refractivity contribution in [1.29, 1.82) is 0 Å². The normalized spacial score (nSPS) is 14.9. The van der Waals surface area contributed by atoms with Gasteiger partial charge in [-0.25, -0.2) is 4.98 Å². The lowest BCUT2D eigenvalue weighted by Gasteiger charge is -2.31. The summed E-state index contributed by atoms with van der Waals surface area (Å²) in [5, 5.41) is 3.81. The Balaban J connectivity index is 1.53. The average molecular weight is 471 g/mol. The fourth-order valence-corrected chi connectivity index (χ4v) is 3.80. The highest BCUT2D eigenvalue weighted by atomic mass is 79.9. The third kappa shape index (κ3) is 5.21. The summed E-state index contributed by atoms with van der Waals surface area (Å²) in [5.74, 6) is 0.294. The fraction of sp³-hybridized carbons (Fsp3) is 0.316. The van der Waals surface area contributed by atoms with Crippen LogP contribution >= 0.6 is 39.1 Å². The summed E-state index contributed by atoms with van der Waals surface area (Å²) in [6.07, 6.45) is 3.03. The Bertz CT molecular complexity index is 817. The molecule has 1 aliphatic rings. The van der Waals surface area contributed by atoms with E-state index in [9.17, 15) is 9.59 Å². The first kappa shape index (κ1) is 20.1. The molecule has 27 heavy (non-hydrogen) atoms. The molecule has 1 aliphatic heterocycles. The Morgan fingerprint density at radius 1 is 1.15 bits per heavy atom. The summed E-state index contributed by atoms with van der Waals surface area (Å²) in [7, 11) is 0. The summed E-state index contributed by atoms with van der Waals surface area (Å²) >= 11 is 15.6. The van der Waals surface area contributed by atoms with Crippen LogP contribution in [0.3, 0.4) is 0 Å². The maximum Gasteiger partial charge on any atom is 0.228 e. The molecular formula is C19H18BrCl2N3O2. The van der Waals surface area contributed by atoms with Crippen LogP contribution in [0.15, 0.2) is 41.0 Å². The van der Waals surface area contributed by atoms with E-state index in [1.165, 1.54) is 0 Å². The molecule has 142 valence electrons. The first-order chi connectivity index (χ1) is 12.9. The molecule has 0 atom stereocenters. The molecule has 1 aromatic carbocycles. The number of nitrogens with zero attached hydrogens (tertiary/aromatic N) is 2. The summed E-state index contributed by atoms with van der Waals surface area (Å²) in [6, 6.07) is 8.77. The highest BCUT2D eigenvalue weighted by Crippen LogP contribution is 2.26. The number of piperidine rings is 1. The molecule has 8 heteroatoms. The van der Waals surface area contributed by atoms with Crippen molar-refractivity contribution in [3.8, 4) is 0 Å². The van der Waals surface area contributed by atoms with Crippen LogP contribution in [0.2, 0.25) is 10.0 Å². The topological polar surface area (TPSA) is 62.3 Å². The van der Waals surface area contributed by atoms with E-state index in [0.29, 0.717) is 47.4 Å². The van der Waals surface area contributed by atoms with Crippen LogP contribution < -0.4 is 5.32 Å². The van der Waals surface area contributed by atoms with Gasteiger partial charge in [0, 0.05) is 39.7 Å². The van der Waals surface area contributed by atoms with E-state index in [4.69, 9.17) is 23.2 Å². The SMILES string of the molecule is O=C(Nc1ccc(Br)cn1)C1CCN(C(=O)Cc2c(Cl)cccc2Cl)CC1. The number of rotatable bonds is 4. The lowest BCUT2D eigenvalue weighted by molar-refractivity contribution is -0.133. The molecule has 0 aliphatic carbocycles. The van der Waals surface area contributed by atoms with E-state index in [2.05, 4.69) is 26.2 Å². The minimum Gasteiger partial charge on any atom is -0.342 e. The smallest absolute Gasteiger partial charge is 0.228 e. The lowest BCUT2D eigenvalue weighted by atomic mass is 9.95. The van der Waals surface area contributed by atoms with Crippen LogP contribution in [0, 0.1) is 5.92 Å². The third-order valence-corrected chi connectivity index (χ3v) is 5.76. The average Bonchev–Trinajstić information content (AvgIpc) is 2.66. The summed E-state index contributed by atoms with van der Waals surface area (Å²) in [4.78, 5) is 30.9. The van der Waals surface area contributed by atoms with E-state index in [1.54, 1.807) is 35.4 Å². The monoisotopic (exact) mass is 469 g/mol. The molecule has 0 bridgehead atoms. The van der Waals surface area contributed by atoms with Gasteiger partial charge >= 0.3 is 0 Å². The van der Waals surface area contributed by atoms with Crippen molar-refractivity contribution in [2.45, 2.75) is 19.3 Å². The number of carbonyl (C=O) groups excluding carboxylic acids is 2. The van der Waals surface area contributed by atoms with E-state index in [0.717, 1.165) is 4.47 Å². The zero-order chi connectivity index (χ0) is 19.4. The quantitative estimate of drug-likeness (QED) is 0.711. The molecule has 0 spiro atoms. The Kier molecular flexibility index (Phi) is 6.73. The van der Waals surface area contributed by atoms with Gasteiger partial charge in [-0.2, -0.15) is 0 Å². The molecular weight excluding hydrogens is 453 g/mol. The van der Waals surface area contributed by atoms with Gasteiger partial charge in [-0.15, -0.1) is 0 Å². The molecule has 2 aromatic rings. The Hall–Kier alpha value is -1.63. The first-order valence-electron chi connectivity index (χ1n) is 8.57. The van der Waals surface area contributed by atoms with Gasteiger partial charge in [0.25, 0.3) is 0 Å². The zero-order valence-electron chi connectivity index (χ0n) is 14.4. The predicted molar refractivity (Wildman–Crippen MR) is 110 cm³/mol. The van der Waals surface area contributed by atoms with E-state index >= 15 is 0 Å². The molecule has 0 unspecified atom stereocenters. The summed E-state index contributed by atoms with van der Waals surface area (Å²) in [5.41, 5.74) is 0.645. The molecule has 0 radical (unpaired) electrons. The van der Waals surface area contributed by atoms with E-state index in [1.807, 2.05) is 6.07 Å². The van der Waals surface area contributed by atoms with Gasteiger partial charge < -0.3 is 10.2 Å².